The van der Waals surface area contributed by atoms with Crippen molar-refractivity contribution in [1.82, 2.24) is 5.32 Å². The van der Waals surface area contributed by atoms with E-state index in [1.807, 2.05) is 18.2 Å². The van der Waals surface area contributed by atoms with Crippen LogP contribution in [0.15, 0.2) is 42.5 Å². The molecule has 0 radical (unpaired) electrons. The van der Waals surface area contributed by atoms with Crippen LogP contribution < -0.4 is 5.32 Å². The minimum absolute atomic E-state index is 0.0714. The van der Waals surface area contributed by atoms with Gasteiger partial charge in [-0.3, -0.25) is 0 Å². The Bertz CT molecular complexity index is 738. The van der Waals surface area contributed by atoms with Crippen LogP contribution in [0.25, 0.3) is 0 Å². The third-order valence-electron chi connectivity index (χ3n) is 3.94. The molecule has 0 saturated carbocycles. The summed E-state index contributed by atoms with van der Waals surface area (Å²) in [7, 11) is 0. The van der Waals surface area contributed by atoms with E-state index >= 15 is 0 Å². The molecule has 0 saturated heterocycles. The summed E-state index contributed by atoms with van der Waals surface area (Å²) in [5, 5.41) is 39.2. The number of aromatic hydroxyl groups is 3. The molecule has 5 N–H and O–H groups in total. The van der Waals surface area contributed by atoms with Crippen molar-refractivity contribution in [2.75, 3.05) is 6.54 Å². The summed E-state index contributed by atoms with van der Waals surface area (Å²) >= 11 is 9.56. The SMILES string of the molecule is CC(CCc1ccc(O)cc1)NCCc1ccc(O)c(O)c1.O=C(O)C(Cl)Cl. The number of aryl methyl sites for hydroxylation is 1. The summed E-state index contributed by atoms with van der Waals surface area (Å²) in [6.07, 6.45) is 2.79. The molecule has 2 rings (SSSR count). The van der Waals surface area contributed by atoms with E-state index in [9.17, 15) is 20.1 Å². The summed E-state index contributed by atoms with van der Waals surface area (Å²) in [5.41, 5.74) is 2.21. The van der Waals surface area contributed by atoms with E-state index in [1.165, 1.54) is 11.6 Å². The molecule has 0 bridgehead atoms. The van der Waals surface area contributed by atoms with Gasteiger partial charge in [0.15, 0.2) is 11.5 Å². The molecule has 6 nitrogen and oxygen atoms in total. The van der Waals surface area contributed by atoms with Gasteiger partial charge in [-0.2, -0.15) is 0 Å². The van der Waals surface area contributed by atoms with Crippen LogP contribution in [0.5, 0.6) is 17.2 Å². The van der Waals surface area contributed by atoms with Crippen LogP contribution in [0.2, 0.25) is 0 Å². The zero-order valence-electron chi connectivity index (χ0n) is 15.5. The van der Waals surface area contributed by atoms with E-state index in [4.69, 9.17) is 28.3 Å². The van der Waals surface area contributed by atoms with Crippen molar-refractivity contribution in [2.45, 2.75) is 37.1 Å². The number of benzene rings is 2. The monoisotopic (exact) mass is 429 g/mol. The Balaban J connectivity index is 0.000000568. The van der Waals surface area contributed by atoms with Gasteiger partial charge in [0.1, 0.15) is 5.75 Å². The molecule has 154 valence electrons. The first-order chi connectivity index (χ1) is 13.2. The standard InChI is InChI=1S/C18H23NO3.C2H2Cl2O2/c1-13(2-3-14-4-7-16(20)8-5-14)19-11-10-15-6-9-17(21)18(22)12-15;3-1(4)2(5)6/h4-9,12-13,19-22H,2-3,10-11H2,1H3;1H,(H,5,6). The Morgan fingerprint density at radius 1 is 0.964 bits per heavy atom. The highest BCUT2D eigenvalue weighted by Crippen LogP contribution is 2.24. The molecular weight excluding hydrogens is 405 g/mol. The van der Waals surface area contributed by atoms with E-state index < -0.39 is 10.8 Å². The highest BCUT2D eigenvalue weighted by molar-refractivity contribution is 6.52. The lowest BCUT2D eigenvalue weighted by atomic mass is 10.1. The average Bonchev–Trinajstić information content (AvgIpc) is 2.64. The number of phenols is 3. The van der Waals surface area contributed by atoms with Crippen molar-refractivity contribution < 1.29 is 25.2 Å². The first-order valence-electron chi connectivity index (χ1n) is 8.72. The van der Waals surface area contributed by atoms with Gasteiger partial charge in [0, 0.05) is 6.04 Å². The molecule has 1 unspecified atom stereocenters. The summed E-state index contributed by atoms with van der Waals surface area (Å²) < 4.78 is 0. The molecule has 2 aromatic carbocycles. The average molecular weight is 430 g/mol. The topological polar surface area (TPSA) is 110 Å². The lowest BCUT2D eigenvalue weighted by molar-refractivity contribution is -0.135. The highest BCUT2D eigenvalue weighted by Gasteiger charge is 2.06. The zero-order valence-corrected chi connectivity index (χ0v) is 17.0. The van der Waals surface area contributed by atoms with Crippen molar-refractivity contribution in [3.63, 3.8) is 0 Å². The summed E-state index contributed by atoms with van der Waals surface area (Å²) in [5.74, 6) is -1.07. The van der Waals surface area contributed by atoms with Crippen molar-refractivity contribution in [2.24, 2.45) is 0 Å². The van der Waals surface area contributed by atoms with Crippen molar-refractivity contribution >= 4 is 29.2 Å². The third-order valence-corrected chi connectivity index (χ3v) is 4.31. The lowest BCUT2D eigenvalue weighted by Crippen LogP contribution is -2.28. The Morgan fingerprint density at radius 3 is 2.07 bits per heavy atom. The van der Waals surface area contributed by atoms with Crippen LogP contribution >= 0.6 is 23.2 Å². The smallest absolute Gasteiger partial charge is 0.337 e. The van der Waals surface area contributed by atoms with Crippen LogP contribution in [0, 0.1) is 0 Å². The normalized spacial score (nSPS) is 11.6. The predicted octanol–water partition coefficient (Wildman–Crippen LogP) is 3.83. The molecular formula is C20H25Cl2NO5. The minimum atomic E-state index is -1.29. The van der Waals surface area contributed by atoms with E-state index in [2.05, 4.69) is 12.2 Å². The molecule has 0 spiro atoms. The Kier molecular flexibility index (Phi) is 10.5. The van der Waals surface area contributed by atoms with E-state index in [0.717, 1.165) is 31.4 Å². The van der Waals surface area contributed by atoms with Gasteiger partial charge in [-0.15, -0.1) is 0 Å². The summed E-state index contributed by atoms with van der Waals surface area (Å²) in [6, 6.07) is 12.6. The highest BCUT2D eigenvalue weighted by atomic mass is 35.5. The predicted molar refractivity (Wildman–Crippen MR) is 110 cm³/mol. The molecule has 8 heteroatoms. The van der Waals surface area contributed by atoms with Crippen LogP contribution in [0.1, 0.15) is 24.5 Å². The molecule has 0 amide bonds. The number of halogens is 2. The number of rotatable bonds is 8. The van der Waals surface area contributed by atoms with Gasteiger partial charge in [-0.25, -0.2) is 4.79 Å². The van der Waals surface area contributed by atoms with Gasteiger partial charge >= 0.3 is 5.97 Å². The van der Waals surface area contributed by atoms with Gasteiger partial charge in [0.05, 0.1) is 0 Å². The third kappa shape index (κ3) is 9.69. The van der Waals surface area contributed by atoms with Crippen molar-refractivity contribution in [3.05, 3.63) is 53.6 Å². The first kappa shape index (κ1) is 23.9. The van der Waals surface area contributed by atoms with Gasteiger partial charge in [-0.05, 0) is 68.1 Å². The maximum Gasteiger partial charge on any atom is 0.337 e. The quantitative estimate of drug-likeness (QED) is 0.322. The minimum Gasteiger partial charge on any atom is -0.508 e. The Labute approximate surface area is 174 Å². The number of alkyl halides is 2. The van der Waals surface area contributed by atoms with E-state index in [-0.39, 0.29) is 11.5 Å². The molecule has 28 heavy (non-hydrogen) atoms. The van der Waals surface area contributed by atoms with Crippen LogP contribution in [0.3, 0.4) is 0 Å². The second kappa shape index (κ2) is 12.3. The van der Waals surface area contributed by atoms with Crippen LogP contribution in [-0.4, -0.2) is 43.8 Å². The second-order valence-electron chi connectivity index (χ2n) is 6.27. The van der Waals surface area contributed by atoms with Crippen LogP contribution in [-0.2, 0) is 17.6 Å². The molecule has 0 heterocycles. The number of hydrogen-bond donors (Lipinski definition) is 5. The lowest BCUT2D eigenvalue weighted by Gasteiger charge is -2.14. The Morgan fingerprint density at radius 2 is 1.54 bits per heavy atom. The summed E-state index contributed by atoms with van der Waals surface area (Å²) in [4.78, 5) is 8.15. The van der Waals surface area contributed by atoms with E-state index in [0.29, 0.717) is 11.8 Å². The number of nitrogens with one attached hydrogen (secondary N) is 1. The second-order valence-corrected chi connectivity index (χ2v) is 7.37. The number of carboxylic acid groups (broad SMARTS) is 1. The fourth-order valence-corrected chi connectivity index (χ4v) is 2.34. The van der Waals surface area contributed by atoms with E-state index in [1.54, 1.807) is 18.2 Å². The summed E-state index contributed by atoms with van der Waals surface area (Å²) in [6.45, 7) is 2.97. The molecule has 1 atom stereocenters. The van der Waals surface area contributed by atoms with Crippen molar-refractivity contribution in [3.8, 4) is 17.2 Å². The van der Waals surface area contributed by atoms with Crippen molar-refractivity contribution in [1.29, 1.82) is 0 Å². The van der Waals surface area contributed by atoms with Gasteiger partial charge in [-0.1, -0.05) is 41.4 Å². The van der Waals surface area contributed by atoms with Gasteiger partial charge in [0.25, 0.3) is 0 Å². The zero-order chi connectivity index (χ0) is 21.1. The maximum atomic E-state index is 9.45. The molecule has 0 aliphatic rings. The number of carbonyl (C=O) groups is 1. The first-order valence-corrected chi connectivity index (χ1v) is 9.59. The molecule has 0 aliphatic heterocycles. The van der Waals surface area contributed by atoms with Gasteiger partial charge in [0.2, 0.25) is 4.84 Å². The Hall–Kier alpha value is -2.15. The number of phenolic OH excluding ortho intramolecular Hbond substituents is 3. The fraction of sp³-hybridized carbons (Fsp3) is 0.350. The van der Waals surface area contributed by atoms with Crippen LogP contribution in [0.4, 0.5) is 0 Å². The van der Waals surface area contributed by atoms with Gasteiger partial charge < -0.3 is 25.7 Å². The molecule has 2 aromatic rings. The maximum absolute atomic E-state index is 9.45. The number of carboxylic acids is 1. The molecule has 0 fully saturated rings. The fourth-order valence-electron chi connectivity index (χ4n) is 2.34. The number of aliphatic carboxylic acids is 1. The molecule has 0 aromatic heterocycles. The largest absolute Gasteiger partial charge is 0.508 e. The number of hydrogen-bond acceptors (Lipinski definition) is 5. The molecule has 0 aliphatic carbocycles.